The third-order valence-electron chi connectivity index (χ3n) is 7.47. The maximum Gasteiger partial charge on any atom is 0.274 e. The van der Waals surface area contributed by atoms with Gasteiger partial charge >= 0.3 is 0 Å². The molecule has 1 aliphatic heterocycles. The number of thioether (sulfide) groups is 1. The maximum absolute atomic E-state index is 13.5. The van der Waals surface area contributed by atoms with E-state index in [4.69, 9.17) is 0 Å². The van der Waals surface area contributed by atoms with Crippen LogP contribution in [0.1, 0.15) is 56.3 Å². The van der Waals surface area contributed by atoms with E-state index < -0.39 is 5.54 Å². The first-order chi connectivity index (χ1) is 12.9. The average molecular weight is 385 g/mol. The van der Waals surface area contributed by atoms with E-state index in [-0.39, 0.29) is 17.9 Å². The predicted molar refractivity (Wildman–Crippen MR) is 106 cm³/mol. The largest absolute Gasteiger partial charge is 0.274 e. The second-order valence-electron chi connectivity index (χ2n) is 9.45. The molecule has 4 saturated carbocycles. The minimum atomic E-state index is -0.753. The quantitative estimate of drug-likeness (QED) is 0.733. The first-order valence-corrected chi connectivity index (χ1v) is 11.5. The van der Waals surface area contributed by atoms with Crippen molar-refractivity contribution in [2.45, 2.75) is 62.4 Å². The molecule has 0 spiro atoms. The molecular formula is C22H28N2O2S. The molecule has 0 unspecified atom stereocenters. The minimum Gasteiger partial charge on any atom is -0.270 e. The molecule has 4 nitrogen and oxygen atoms in total. The van der Waals surface area contributed by atoms with Gasteiger partial charge in [0, 0.05) is 4.90 Å². The number of carbonyl (C=O) groups excluding carboxylic acids is 2. The molecule has 0 N–H and O–H groups in total. The third kappa shape index (κ3) is 2.43. The Hall–Kier alpha value is -1.49. The second kappa shape index (κ2) is 6.00. The minimum absolute atomic E-state index is 0.0293. The summed E-state index contributed by atoms with van der Waals surface area (Å²) in [7, 11) is 0. The molecule has 1 heterocycles. The molecule has 4 bridgehead atoms. The molecule has 144 valence electrons. The first-order valence-electron chi connectivity index (χ1n) is 10.2. The Morgan fingerprint density at radius 1 is 1.04 bits per heavy atom. The zero-order valence-electron chi connectivity index (χ0n) is 16.4. The number of nitrogens with zero attached hydrogens (tertiary/aromatic N) is 2. The molecule has 5 aliphatic rings. The highest BCUT2D eigenvalue weighted by Crippen LogP contribution is 2.57. The zero-order chi connectivity index (χ0) is 18.9. The molecule has 1 aromatic rings. The van der Waals surface area contributed by atoms with Crippen LogP contribution in [0.25, 0.3) is 0 Å². The van der Waals surface area contributed by atoms with Crippen molar-refractivity contribution in [2.75, 3.05) is 6.26 Å². The topological polar surface area (TPSA) is 40.6 Å². The Bertz CT molecular complexity index is 777. The second-order valence-corrected chi connectivity index (χ2v) is 10.3. The highest BCUT2D eigenvalue weighted by Gasteiger charge is 2.62. The molecule has 2 amide bonds. The van der Waals surface area contributed by atoms with E-state index in [9.17, 15) is 9.59 Å². The summed E-state index contributed by atoms with van der Waals surface area (Å²) in [6.45, 7) is 3.78. The number of carbonyl (C=O) groups is 2. The molecule has 4 aliphatic carbocycles. The number of amides is 2. The molecule has 6 rings (SSSR count). The number of rotatable bonds is 3. The Balaban J connectivity index is 1.49. The Kier molecular flexibility index (Phi) is 3.91. The van der Waals surface area contributed by atoms with E-state index in [1.807, 2.05) is 49.4 Å². The van der Waals surface area contributed by atoms with Crippen LogP contribution in [-0.2, 0) is 4.79 Å². The molecular weight excluding hydrogens is 356 g/mol. The summed E-state index contributed by atoms with van der Waals surface area (Å²) in [4.78, 5) is 27.6. The smallest absolute Gasteiger partial charge is 0.270 e. The molecule has 0 radical (unpaired) electrons. The molecule has 27 heavy (non-hydrogen) atoms. The summed E-state index contributed by atoms with van der Waals surface area (Å²) in [6, 6.07) is 7.98. The number of hydrogen-bond acceptors (Lipinski definition) is 3. The van der Waals surface area contributed by atoms with Crippen molar-refractivity contribution in [3.05, 3.63) is 29.8 Å². The molecule has 0 atom stereocenters. The van der Waals surface area contributed by atoms with E-state index in [0.717, 1.165) is 16.7 Å². The highest BCUT2D eigenvalue weighted by atomic mass is 32.2. The fourth-order valence-electron chi connectivity index (χ4n) is 6.54. The van der Waals surface area contributed by atoms with Crippen molar-refractivity contribution in [3.8, 4) is 0 Å². The lowest BCUT2D eigenvalue weighted by Gasteiger charge is -2.65. The van der Waals surface area contributed by atoms with Crippen molar-refractivity contribution in [1.29, 1.82) is 0 Å². The van der Waals surface area contributed by atoms with Gasteiger partial charge < -0.3 is 0 Å². The van der Waals surface area contributed by atoms with E-state index in [0.29, 0.717) is 17.4 Å². The van der Waals surface area contributed by atoms with Crippen LogP contribution in [0.3, 0.4) is 0 Å². The zero-order valence-corrected chi connectivity index (χ0v) is 17.2. The van der Waals surface area contributed by atoms with E-state index in [1.165, 1.54) is 32.1 Å². The molecule has 5 heteroatoms. The lowest BCUT2D eigenvalue weighted by molar-refractivity contribution is -0.230. The summed E-state index contributed by atoms with van der Waals surface area (Å²) >= 11 is 1.59. The van der Waals surface area contributed by atoms with E-state index in [1.54, 1.807) is 16.8 Å². The van der Waals surface area contributed by atoms with Crippen molar-refractivity contribution >= 4 is 23.6 Å². The summed E-state index contributed by atoms with van der Waals surface area (Å²) in [5.41, 5.74) is -0.0449. The number of hydrogen-bond donors (Lipinski definition) is 0. The van der Waals surface area contributed by atoms with Gasteiger partial charge in [0.25, 0.3) is 11.8 Å². The number of benzene rings is 1. The van der Waals surface area contributed by atoms with Crippen LogP contribution in [0, 0.1) is 23.7 Å². The fourth-order valence-corrected chi connectivity index (χ4v) is 7.13. The van der Waals surface area contributed by atoms with Gasteiger partial charge in [-0.25, -0.2) is 10.0 Å². The van der Waals surface area contributed by atoms with Crippen LogP contribution in [0.15, 0.2) is 29.2 Å². The van der Waals surface area contributed by atoms with Gasteiger partial charge in [-0.3, -0.25) is 9.59 Å². The first kappa shape index (κ1) is 17.6. The van der Waals surface area contributed by atoms with Crippen LogP contribution < -0.4 is 0 Å². The van der Waals surface area contributed by atoms with Crippen molar-refractivity contribution < 1.29 is 9.59 Å². The number of hydrazine groups is 1. The van der Waals surface area contributed by atoms with Gasteiger partial charge in [-0.2, -0.15) is 0 Å². The van der Waals surface area contributed by atoms with Gasteiger partial charge in [0.15, 0.2) is 0 Å². The molecule has 0 aromatic heterocycles. The summed E-state index contributed by atoms with van der Waals surface area (Å²) in [6.07, 6.45) is 8.35. The van der Waals surface area contributed by atoms with Gasteiger partial charge in [0.1, 0.15) is 5.54 Å². The SMILES string of the molecule is CSc1ccccc1C(=O)N1N(C2C3CC4CC(C3)CC2C4)C(=O)C1(C)C. The van der Waals surface area contributed by atoms with Gasteiger partial charge in [-0.15, -0.1) is 11.8 Å². The fraction of sp³-hybridized carbons (Fsp3) is 0.636. The lowest BCUT2D eigenvalue weighted by atomic mass is 9.53. The van der Waals surface area contributed by atoms with Crippen LogP contribution in [0.5, 0.6) is 0 Å². The molecule has 1 aromatic carbocycles. The predicted octanol–water partition coefficient (Wildman–Crippen LogP) is 4.21. The standard InChI is InChI=1S/C22H28N2O2S/c1-22(2)21(26)23(19-15-9-13-8-14(11-15)12-16(19)10-13)24(22)20(25)17-6-4-5-7-18(17)27-3/h4-7,13-16,19H,8-12H2,1-3H3. The van der Waals surface area contributed by atoms with Gasteiger partial charge in [-0.1, -0.05) is 12.1 Å². The monoisotopic (exact) mass is 384 g/mol. The average Bonchev–Trinajstić information content (AvgIpc) is 2.65. The Morgan fingerprint density at radius 2 is 1.63 bits per heavy atom. The van der Waals surface area contributed by atoms with Gasteiger partial charge in [0.05, 0.1) is 11.6 Å². The van der Waals surface area contributed by atoms with Gasteiger partial charge in [-0.05, 0) is 88.0 Å². The van der Waals surface area contributed by atoms with E-state index in [2.05, 4.69) is 0 Å². The lowest BCUT2D eigenvalue weighted by Crippen LogP contribution is -2.80. The van der Waals surface area contributed by atoms with Crippen molar-refractivity contribution in [2.24, 2.45) is 23.7 Å². The summed E-state index contributed by atoms with van der Waals surface area (Å²) in [5.74, 6) is 2.96. The van der Waals surface area contributed by atoms with Crippen molar-refractivity contribution in [1.82, 2.24) is 10.0 Å². The normalized spacial score (nSPS) is 36.1. The molecule has 1 saturated heterocycles. The van der Waals surface area contributed by atoms with Crippen LogP contribution in [0.4, 0.5) is 0 Å². The summed E-state index contributed by atoms with van der Waals surface area (Å²) in [5, 5.41) is 3.67. The maximum atomic E-state index is 13.5. The molecule has 5 fully saturated rings. The van der Waals surface area contributed by atoms with Crippen LogP contribution in [-0.4, -0.2) is 39.7 Å². The Labute approximate surface area is 165 Å². The third-order valence-corrected chi connectivity index (χ3v) is 8.26. The van der Waals surface area contributed by atoms with Gasteiger partial charge in [0.2, 0.25) is 0 Å². The van der Waals surface area contributed by atoms with E-state index >= 15 is 0 Å². The highest BCUT2D eigenvalue weighted by molar-refractivity contribution is 7.98. The summed E-state index contributed by atoms with van der Waals surface area (Å²) < 4.78 is 0. The van der Waals surface area contributed by atoms with Crippen LogP contribution in [0.2, 0.25) is 0 Å². The van der Waals surface area contributed by atoms with Crippen molar-refractivity contribution in [3.63, 3.8) is 0 Å². The Morgan fingerprint density at radius 3 is 2.22 bits per heavy atom. The van der Waals surface area contributed by atoms with Crippen LogP contribution >= 0.6 is 11.8 Å².